The maximum absolute atomic E-state index is 13.2. The second-order valence-corrected chi connectivity index (χ2v) is 13.8. The van der Waals surface area contributed by atoms with Crippen molar-refractivity contribution < 1.29 is 26.7 Å². The van der Waals surface area contributed by atoms with Gasteiger partial charge in [0.25, 0.3) is 0 Å². The topological polar surface area (TPSA) is 87.5 Å². The highest BCUT2D eigenvalue weighted by Crippen LogP contribution is 2.35. The van der Waals surface area contributed by atoms with Crippen LogP contribution in [0.1, 0.15) is 60.5 Å². The van der Waals surface area contributed by atoms with Crippen LogP contribution in [0.15, 0.2) is 115 Å². The second kappa shape index (κ2) is 12.5. The van der Waals surface area contributed by atoms with E-state index in [1.54, 1.807) is 30.5 Å². The molecule has 246 valence electrons. The second-order valence-electron chi connectivity index (χ2n) is 12.3. The molecule has 2 N–H and O–H groups in total. The van der Waals surface area contributed by atoms with Crippen LogP contribution in [0.4, 0.5) is 18.9 Å². The van der Waals surface area contributed by atoms with Gasteiger partial charge < -0.3 is 9.67 Å². The van der Waals surface area contributed by atoms with E-state index < -0.39 is 27.8 Å². The zero-order valence-corrected chi connectivity index (χ0v) is 26.7. The molecule has 2 heterocycles. The van der Waals surface area contributed by atoms with E-state index in [0.29, 0.717) is 40.8 Å². The van der Waals surface area contributed by atoms with E-state index in [-0.39, 0.29) is 0 Å². The van der Waals surface area contributed by atoms with E-state index in [2.05, 4.69) is 36.4 Å². The third-order valence-electron chi connectivity index (χ3n) is 9.04. The van der Waals surface area contributed by atoms with Crippen molar-refractivity contribution in [2.45, 2.75) is 50.6 Å². The molecule has 7 rings (SSSR count). The number of hydrogen-bond donors (Lipinski definition) is 2. The molecule has 1 aliphatic carbocycles. The maximum atomic E-state index is 13.2. The van der Waals surface area contributed by atoms with Crippen molar-refractivity contribution in [1.82, 2.24) is 14.3 Å². The minimum Gasteiger partial charge on any atom is -0.493 e. The molecule has 1 fully saturated rings. The van der Waals surface area contributed by atoms with E-state index in [1.807, 2.05) is 21.4 Å². The smallest absolute Gasteiger partial charge is 0.416 e. The Labute approximate surface area is 277 Å². The van der Waals surface area contributed by atoms with Crippen LogP contribution in [0.25, 0.3) is 28.1 Å². The summed E-state index contributed by atoms with van der Waals surface area (Å²) in [5.74, 6) is 0.813. The standard InChI is InChI=1S/C37H33F3N4O3S/c38-37(39,40)31-16-14-30(15-17-31)34-23-43(32-18-20-33(21-19-32)44-24-36(45)42-48(44,46)47)35(41-34)22-25-6-8-27(9-7-25)29-12-10-28(11-13-29)26-4-2-1-3-5-26/h6-21,23-24,26,42,45H,1-5,22H2. The fraction of sp³-hybridized carbons (Fsp3) is 0.216. The molecule has 1 aromatic heterocycles. The summed E-state index contributed by atoms with van der Waals surface area (Å²) in [6.45, 7) is 0. The molecular weight excluding hydrogens is 637 g/mol. The van der Waals surface area contributed by atoms with Crippen molar-refractivity contribution in [3.63, 3.8) is 0 Å². The molecule has 48 heavy (non-hydrogen) atoms. The van der Waals surface area contributed by atoms with Gasteiger partial charge in [-0.1, -0.05) is 79.9 Å². The highest BCUT2D eigenvalue weighted by molar-refractivity contribution is 7.91. The number of rotatable bonds is 7. The summed E-state index contributed by atoms with van der Waals surface area (Å²) < 4.78 is 69.1. The van der Waals surface area contributed by atoms with E-state index in [9.17, 15) is 26.7 Å². The molecule has 0 saturated heterocycles. The lowest BCUT2D eigenvalue weighted by Crippen LogP contribution is -2.29. The number of hydrogen-bond acceptors (Lipinski definition) is 4. The lowest BCUT2D eigenvalue weighted by atomic mass is 9.83. The van der Waals surface area contributed by atoms with Crippen LogP contribution in [0, 0.1) is 0 Å². The van der Waals surface area contributed by atoms with Gasteiger partial charge >= 0.3 is 16.4 Å². The van der Waals surface area contributed by atoms with Crippen LogP contribution in [-0.2, 0) is 22.8 Å². The third kappa shape index (κ3) is 6.55. The molecule has 11 heteroatoms. The van der Waals surface area contributed by atoms with Crippen molar-refractivity contribution in [1.29, 1.82) is 0 Å². The van der Waals surface area contributed by atoms with Gasteiger partial charge in [0.05, 0.1) is 23.1 Å². The minimum atomic E-state index is -4.45. The molecule has 5 aromatic rings. The van der Waals surface area contributed by atoms with Gasteiger partial charge in [-0.2, -0.15) is 21.6 Å². The van der Waals surface area contributed by atoms with Crippen molar-refractivity contribution in [2.24, 2.45) is 0 Å². The Balaban J connectivity index is 1.17. The van der Waals surface area contributed by atoms with Crippen LogP contribution in [0.5, 0.6) is 0 Å². The van der Waals surface area contributed by atoms with Crippen molar-refractivity contribution >= 4 is 15.9 Å². The first-order valence-corrected chi connectivity index (χ1v) is 17.3. The molecule has 0 unspecified atom stereocenters. The Morgan fingerprint density at radius 1 is 0.771 bits per heavy atom. The van der Waals surface area contributed by atoms with Crippen LogP contribution < -0.4 is 9.03 Å². The Bertz CT molecular complexity index is 2050. The molecule has 0 spiro atoms. The van der Waals surface area contributed by atoms with Gasteiger partial charge in [0.2, 0.25) is 5.88 Å². The number of aliphatic hydroxyl groups excluding tert-OH is 1. The molecule has 1 aliphatic heterocycles. The lowest BCUT2D eigenvalue weighted by molar-refractivity contribution is -0.137. The first-order valence-electron chi connectivity index (χ1n) is 15.8. The summed E-state index contributed by atoms with van der Waals surface area (Å²) in [6, 6.07) is 28.6. The highest BCUT2D eigenvalue weighted by Gasteiger charge is 2.30. The average molecular weight is 671 g/mol. The van der Waals surface area contributed by atoms with Gasteiger partial charge in [-0.05, 0) is 77.4 Å². The monoisotopic (exact) mass is 670 g/mol. The van der Waals surface area contributed by atoms with Crippen molar-refractivity contribution in [3.05, 3.63) is 138 Å². The van der Waals surface area contributed by atoms with E-state index in [0.717, 1.165) is 39.3 Å². The van der Waals surface area contributed by atoms with Crippen LogP contribution in [0.3, 0.4) is 0 Å². The number of nitrogens with one attached hydrogen (secondary N) is 1. The quantitative estimate of drug-likeness (QED) is 0.181. The summed E-state index contributed by atoms with van der Waals surface area (Å²) in [7, 11) is -3.95. The zero-order chi connectivity index (χ0) is 33.5. The Morgan fingerprint density at radius 3 is 1.94 bits per heavy atom. The molecule has 2 aliphatic rings. The number of aliphatic hydroxyl groups is 1. The molecule has 4 aromatic carbocycles. The Hall–Kier alpha value is -5.03. The SMILES string of the molecule is O=S1(=O)NC(O)=CN1c1ccc(-n2cc(-c3ccc(C(F)(F)F)cc3)nc2Cc2ccc(-c3ccc(C4CCCCC4)cc3)cc2)cc1. The Morgan fingerprint density at radius 2 is 1.35 bits per heavy atom. The fourth-order valence-electron chi connectivity index (χ4n) is 6.48. The number of aromatic nitrogens is 2. The van der Waals surface area contributed by atoms with Gasteiger partial charge in [0.15, 0.2) is 0 Å². The largest absolute Gasteiger partial charge is 0.493 e. The predicted octanol–water partition coefficient (Wildman–Crippen LogP) is 8.87. The zero-order valence-electron chi connectivity index (χ0n) is 25.9. The average Bonchev–Trinajstić information content (AvgIpc) is 3.63. The summed E-state index contributed by atoms with van der Waals surface area (Å²) in [5, 5.41) is 9.67. The number of anilines is 1. The van der Waals surface area contributed by atoms with E-state index in [4.69, 9.17) is 4.98 Å². The summed E-state index contributed by atoms with van der Waals surface area (Å²) in [6.07, 6.45) is 5.27. The van der Waals surface area contributed by atoms with Gasteiger partial charge in [0, 0.05) is 23.9 Å². The van der Waals surface area contributed by atoms with Crippen LogP contribution in [-0.4, -0.2) is 23.1 Å². The van der Waals surface area contributed by atoms with Gasteiger partial charge in [-0.15, -0.1) is 0 Å². The molecular formula is C37H33F3N4O3S. The molecule has 7 nitrogen and oxygen atoms in total. The van der Waals surface area contributed by atoms with Crippen molar-refractivity contribution in [3.8, 4) is 28.1 Å². The number of halogens is 3. The van der Waals surface area contributed by atoms with Crippen LogP contribution >= 0.6 is 0 Å². The fourth-order valence-corrected chi connectivity index (χ4v) is 7.53. The van der Waals surface area contributed by atoms with E-state index >= 15 is 0 Å². The summed E-state index contributed by atoms with van der Waals surface area (Å²) in [5.41, 5.74) is 5.92. The van der Waals surface area contributed by atoms with Crippen LogP contribution in [0.2, 0.25) is 0 Å². The predicted molar refractivity (Wildman–Crippen MR) is 180 cm³/mol. The normalized spacial score (nSPS) is 16.5. The van der Waals surface area contributed by atoms with Gasteiger partial charge in [0.1, 0.15) is 5.82 Å². The first kappa shape index (κ1) is 31.6. The van der Waals surface area contributed by atoms with E-state index in [1.165, 1.54) is 49.8 Å². The molecule has 0 radical (unpaired) electrons. The number of nitrogens with zero attached hydrogens (tertiary/aromatic N) is 3. The maximum Gasteiger partial charge on any atom is 0.416 e. The van der Waals surface area contributed by atoms with Crippen molar-refractivity contribution in [2.75, 3.05) is 4.31 Å². The summed E-state index contributed by atoms with van der Waals surface area (Å²) >= 11 is 0. The highest BCUT2D eigenvalue weighted by atomic mass is 32.2. The molecule has 0 amide bonds. The first-order chi connectivity index (χ1) is 23.0. The minimum absolute atomic E-state index is 0.308. The lowest BCUT2D eigenvalue weighted by Gasteiger charge is -2.22. The molecule has 0 bridgehead atoms. The third-order valence-corrected chi connectivity index (χ3v) is 10.3. The molecule has 0 atom stereocenters. The van der Waals surface area contributed by atoms with Gasteiger partial charge in [-0.3, -0.25) is 0 Å². The van der Waals surface area contributed by atoms with Gasteiger partial charge in [-0.25, -0.2) is 14.0 Å². The number of imidazole rings is 1. The number of benzene rings is 4. The molecule has 1 saturated carbocycles. The Kier molecular flexibility index (Phi) is 8.24. The number of alkyl halides is 3. The summed E-state index contributed by atoms with van der Waals surface area (Å²) in [4.78, 5) is 4.83.